The number of nitrogens with two attached hydrogens (primary N) is 1. The highest BCUT2D eigenvalue weighted by Crippen LogP contribution is 2.26. The number of aromatic nitrogens is 2. The molecule has 0 radical (unpaired) electrons. The van der Waals surface area contributed by atoms with E-state index >= 15 is 0 Å². The van der Waals surface area contributed by atoms with Gasteiger partial charge in [0.1, 0.15) is 5.15 Å². The van der Waals surface area contributed by atoms with E-state index in [4.69, 9.17) is 17.3 Å². The summed E-state index contributed by atoms with van der Waals surface area (Å²) >= 11 is 5.71. The van der Waals surface area contributed by atoms with Gasteiger partial charge in [0.2, 0.25) is 5.91 Å². The molecular formula is C11H13ClN4O3. The largest absolute Gasteiger partial charge is 0.464 e. The van der Waals surface area contributed by atoms with Crippen LogP contribution < -0.4 is 10.6 Å². The second-order valence-corrected chi connectivity index (χ2v) is 4.55. The molecule has 2 heterocycles. The zero-order valence-electron chi connectivity index (χ0n) is 10.3. The molecule has 1 aliphatic heterocycles. The third-order valence-corrected chi connectivity index (χ3v) is 3.08. The number of esters is 1. The lowest BCUT2D eigenvalue weighted by molar-refractivity contribution is -0.117. The van der Waals surface area contributed by atoms with Crippen molar-refractivity contribution in [3.63, 3.8) is 0 Å². The van der Waals surface area contributed by atoms with Crippen molar-refractivity contribution < 1.29 is 14.3 Å². The Kier molecular flexibility index (Phi) is 3.96. The van der Waals surface area contributed by atoms with Gasteiger partial charge >= 0.3 is 5.97 Å². The Morgan fingerprint density at radius 2 is 2.42 bits per heavy atom. The summed E-state index contributed by atoms with van der Waals surface area (Å²) in [6.07, 6.45) is 1.62. The molecule has 2 rings (SSSR count). The number of rotatable bonds is 3. The molecule has 1 aromatic rings. The van der Waals surface area contributed by atoms with E-state index in [2.05, 4.69) is 14.7 Å². The van der Waals surface area contributed by atoms with Gasteiger partial charge in [0.15, 0.2) is 11.5 Å². The number of anilines is 1. The van der Waals surface area contributed by atoms with Gasteiger partial charge in [-0.15, -0.1) is 0 Å². The minimum absolute atomic E-state index is 0.0514. The fraction of sp³-hybridized carbons (Fsp3) is 0.455. The highest BCUT2D eigenvalue weighted by Gasteiger charge is 2.33. The van der Waals surface area contributed by atoms with Crippen molar-refractivity contribution in [1.29, 1.82) is 0 Å². The third-order valence-electron chi connectivity index (χ3n) is 2.90. The molecule has 0 saturated carbocycles. The van der Waals surface area contributed by atoms with E-state index in [0.29, 0.717) is 19.5 Å². The van der Waals surface area contributed by atoms with Gasteiger partial charge < -0.3 is 10.5 Å². The van der Waals surface area contributed by atoms with Crippen LogP contribution >= 0.6 is 11.6 Å². The molecule has 1 aliphatic rings. The second-order valence-electron chi connectivity index (χ2n) is 4.17. The maximum atomic E-state index is 11.9. The van der Waals surface area contributed by atoms with E-state index in [1.807, 2.05) is 0 Å². The average molecular weight is 285 g/mol. The van der Waals surface area contributed by atoms with Gasteiger partial charge in [-0.3, -0.25) is 9.69 Å². The van der Waals surface area contributed by atoms with Crippen molar-refractivity contribution in [3.8, 4) is 0 Å². The fourth-order valence-electron chi connectivity index (χ4n) is 1.94. The van der Waals surface area contributed by atoms with Crippen molar-refractivity contribution in [1.82, 2.24) is 9.97 Å². The molecule has 19 heavy (non-hydrogen) atoms. The lowest BCUT2D eigenvalue weighted by Crippen LogP contribution is -2.29. The van der Waals surface area contributed by atoms with Crippen LogP contribution in [0.2, 0.25) is 5.15 Å². The van der Waals surface area contributed by atoms with Crippen molar-refractivity contribution in [3.05, 3.63) is 17.0 Å². The third kappa shape index (κ3) is 2.66. The molecule has 1 saturated heterocycles. The molecule has 1 fully saturated rings. The summed E-state index contributed by atoms with van der Waals surface area (Å²) in [5, 5.41) is 0.0613. The number of carbonyl (C=O) groups excluding carboxylic acids is 2. The minimum atomic E-state index is -0.686. The maximum absolute atomic E-state index is 11.9. The van der Waals surface area contributed by atoms with Crippen molar-refractivity contribution in [2.75, 3.05) is 25.1 Å². The molecule has 7 nitrogen and oxygen atoms in total. The van der Waals surface area contributed by atoms with Crippen LogP contribution in [0.5, 0.6) is 0 Å². The van der Waals surface area contributed by atoms with Crippen LogP contribution in [0.3, 0.4) is 0 Å². The Bertz CT molecular complexity index is 523. The number of ether oxygens (including phenoxy) is 1. The first-order valence-corrected chi connectivity index (χ1v) is 6.06. The van der Waals surface area contributed by atoms with E-state index in [1.165, 1.54) is 18.2 Å². The molecule has 0 aromatic carbocycles. The molecule has 0 aliphatic carbocycles. The quantitative estimate of drug-likeness (QED) is 0.798. The van der Waals surface area contributed by atoms with Crippen molar-refractivity contribution in [2.24, 2.45) is 11.7 Å². The highest BCUT2D eigenvalue weighted by atomic mass is 35.5. The zero-order valence-corrected chi connectivity index (χ0v) is 11.1. The number of carbonyl (C=O) groups is 2. The van der Waals surface area contributed by atoms with Gasteiger partial charge in [-0.2, -0.15) is 0 Å². The van der Waals surface area contributed by atoms with Crippen LogP contribution in [0.1, 0.15) is 16.9 Å². The number of nitrogens with zero attached hydrogens (tertiary/aromatic N) is 3. The molecule has 1 unspecified atom stereocenters. The van der Waals surface area contributed by atoms with Crippen LogP contribution in [0.25, 0.3) is 0 Å². The molecule has 2 N–H and O–H groups in total. The van der Waals surface area contributed by atoms with Crippen molar-refractivity contribution in [2.45, 2.75) is 6.42 Å². The predicted octanol–water partition coefficient (Wildman–Crippen LogP) is 0.228. The summed E-state index contributed by atoms with van der Waals surface area (Å²) in [5.74, 6) is -0.612. The van der Waals surface area contributed by atoms with E-state index in [9.17, 15) is 9.59 Å². The summed E-state index contributed by atoms with van der Waals surface area (Å²) in [6, 6.07) is 0. The van der Waals surface area contributed by atoms with Gasteiger partial charge in [-0.1, -0.05) is 11.6 Å². The standard InChI is InChI=1S/C11H13ClN4O3/c1-19-11(18)9-10(14-4-7(12)15-9)16-5-6(3-13)2-8(16)17/h4,6H,2-3,5,13H2,1H3. The fourth-order valence-corrected chi connectivity index (χ4v) is 2.07. The summed E-state index contributed by atoms with van der Waals surface area (Å²) in [6.45, 7) is 0.812. The Hall–Kier alpha value is -1.73. The van der Waals surface area contributed by atoms with Gasteiger partial charge in [0.25, 0.3) is 0 Å². The zero-order chi connectivity index (χ0) is 14.0. The van der Waals surface area contributed by atoms with Crippen LogP contribution in [0.4, 0.5) is 5.82 Å². The number of halogens is 1. The Morgan fingerprint density at radius 1 is 1.68 bits per heavy atom. The predicted molar refractivity (Wildman–Crippen MR) is 67.9 cm³/mol. The molecular weight excluding hydrogens is 272 g/mol. The lowest BCUT2D eigenvalue weighted by Gasteiger charge is -2.17. The molecule has 8 heteroatoms. The normalized spacial score (nSPS) is 18.8. The lowest BCUT2D eigenvalue weighted by atomic mass is 10.1. The number of methoxy groups -OCH3 is 1. The van der Waals surface area contributed by atoms with E-state index < -0.39 is 5.97 Å². The Morgan fingerprint density at radius 3 is 3.00 bits per heavy atom. The van der Waals surface area contributed by atoms with E-state index in [-0.39, 0.29) is 28.5 Å². The van der Waals surface area contributed by atoms with Crippen LogP contribution in [0, 0.1) is 5.92 Å². The van der Waals surface area contributed by atoms with Crippen LogP contribution in [0.15, 0.2) is 6.20 Å². The Labute approximate surface area is 114 Å². The molecule has 0 bridgehead atoms. The van der Waals surface area contributed by atoms with E-state index in [1.54, 1.807) is 0 Å². The first-order chi connectivity index (χ1) is 9.06. The van der Waals surface area contributed by atoms with E-state index in [0.717, 1.165) is 0 Å². The summed E-state index contributed by atoms with van der Waals surface area (Å²) < 4.78 is 4.62. The summed E-state index contributed by atoms with van der Waals surface area (Å²) in [5.41, 5.74) is 5.49. The van der Waals surface area contributed by atoms with Crippen LogP contribution in [-0.4, -0.2) is 42.0 Å². The van der Waals surface area contributed by atoms with Gasteiger partial charge in [0.05, 0.1) is 13.3 Å². The highest BCUT2D eigenvalue weighted by molar-refractivity contribution is 6.29. The van der Waals surface area contributed by atoms with Gasteiger partial charge in [-0.25, -0.2) is 14.8 Å². The molecule has 1 atom stereocenters. The second kappa shape index (κ2) is 5.50. The van der Waals surface area contributed by atoms with Crippen LogP contribution in [-0.2, 0) is 9.53 Å². The summed E-state index contributed by atoms with van der Waals surface area (Å²) in [7, 11) is 1.23. The minimum Gasteiger partial charge on any atom is -0.464 e. The first-order valence-electron chi connectivity index (χ1n) is 5.68. The molecule has 1 amide bonds. The maximum Gasteiger partial charge on any atom is 0.360 e. The number of hydrogen-bond acceptors (Lipinski definition) is 6. The summed E-state index contributed by atoms with van der Waals surface area (Å²) in [4.78, 5) is 32.9. The van der Waals surface area contributed by atoms with Gasteiger partial charge in [0, 0.05) is 13.0 Å². The first kappa shape index (κ1) is 13.7. The molecule has 0 spiro atoms. The smallest absolute Gasteiger partial charge is 0.360 e. The monoisotopic (exact) mass is 284 g/mol. The van der Waals surface area contributed by atoms with Crippen molar-refractivity contribution >= 4 is 29.3 Å². The Balaban J connectivity index is 2.39. The number of amides is 1. The number of hydrogen-bond donors (Lipinski definition) is 1. The molecule has 1 aromatic heterocycles. The SMILES string of the molecule is COC(=O)c1nc(Cl)cnc1N1CC(CN)CC1=O. The van der Waals surface area contributed by atoms with Gasteiger partial charge in [-0.05, 0) is 12.5 Å². The topological polar surface area (TPSA) is 98.4 Å². The molecule has 102 valence electrons. The average Bonchev–Trinajstić information content (AvgIpc) is 2.79.